The third-order valence-electron chi connectivity index (χ3n) is 3.15. The van der Waals surface area contributed by atoms with Crippen LogP contribution in [0.15, 0.2) is 64.5 Å². The molecule has 0 aliphatic heterocycles. The van der Waals surface area contributed by atoms with Gasteiger partial charge in [-0.15, -0.1) is 10.2 Å². The second kappa shape index (κ2) is 6.45. The van der Waals surface area contributed by atoms with Gasteiger partial charge in [0.25, 0.3) is 0 Å². The topological polar surface area (TPSA) is 30.7 Å². The molecule has 106 valence electrons. The van der Waals surface area contributed by atoms with Crippen molar-refractivity contribution in [2.45, 2.75) is 17.8 Å². The Kier molecular flexibility index (Phi) is 4.41. The van der Waals surface area contributed by atoms with Gasteiger partial charge in [-0.25, -0.2) is 0 Å². The lowest BCUT2D eigenvalue weighted by atomic mass is 10.2. The molecular formula is C16H14BrN3S. The van der Waals surface area contributed by atoms with Crippen LogP contribution in [0, 0.1) is 6.92 Å². The smallest absolute Gasteiger partial charge is 0.195 e. The Morgan fingerprint density at radius 3 is 2.81 bits per heavy atom. The Morgan fingerprint density at radius 1 is 1.14 bits per heavy atom. The fourth-order valence-electron chi connectivity index (χ4n) is 2.10. The van der Waals surface area contributed by atoms with E-state index < -0.39 is 0 Å². The van der Waals surface area contributed by atoms with Crippen LogP contribution in [0.25, 0.3) is 5.69 Å². The number of thioether (sulfide) groups is 1. The van der Waals surface area contributed by atoms with E-state index in [2.05, 4.69) is 57.3 Å². The molecule has 1 heterocycles. The second-order valence-corrected chi connectivity index (χ2v) is 6.55. The van der Waals surface area contributed by atoms with Gasteiger partial charge in [-0.2, -0.15) is 0 Å². The van der Waals surface area contributed by atoms with Gasteiger partial charge in [-0.05, 0) is 36.2 Å². The number of nitrogens with zero attached hydrogens (tertiary/aromatic N) is 3. The molecule has 0 aliphatic carbocycles. The van der Waals surface area contributed by atoms with Gasteiger partial charge in [0.15, 0.2) is 5.16 Å². The Hall–Kier alpha value is -1.59. The molecule has 3 rings (SSSR count). The molecule has 0 fully saturated rings. The van der Waals surface area contributed by atoms with E-state index in [1.54, 1.807) is 18.1 Å². The maximum Gasteiger partial charge on any atom is 0.195 e. The number of hydrogen-bond acceptors (Lipinski definition) is 3. The molecule has 0 amide bonds. The fraction of sp³-hybridized carbons (Fsp3) is 0.125. The van der Waals surface area contributed by atoms with Crippen LogP contribution in [0.4, 0.5) is 0 Å². The van der Waals surface area contributed by atoms with E-state index in [-0.39, 0.29) is 0 Å². The lowest BCUT2D eigenvalue weighted by Gasteiger charge is -2.09. The largest absolute Gasteiger partial charge is 0.276 e. The quantitative estimate of drug-likeness (QED) is 0.636. The molecule has 0 spiro atoms. The van der Waals surface area contributed by atoms with Crippen molar-refractivity contribution >= 4 is 27.7 Å². The lowest BCUT2D eigenvalue weighted by molar-refractivity contribution is 0.878. The number of rotatable bonds is 4. The summed E-state index contributed by atoms with van der Waals surface area (Å²) in [4.78, 5) is 0. The number of para-hydroxylation sites is 1. The molecular weight excluding hydrogens is 346 g/mol. The van der Waals surface area contributed by atoms with Crippen LogP contribution >= 0.6 is 27.7 Å². The van der Waals surface area contributed by atoms with E-state index in [1.165, 1.54) is 11.1 Å². The van der Waals surface area contributed by atoms with Crippen molar-refractivity contribution in [2.24, 2.45) is 0 Å². The zero-order valence-corrected chi connectivity index (χ0v) is 13.9. The first-order chi connectivity index (χ1) is 10.2. The van der Waals surface area contributed by atoms with Crippen LogP contribution in [0.3, 0.4) is 0 Å². The summed E-state index contributed by atoms with van der Waals surface area (Å²) >= 11 is 5.19. The van der Waals surface area contributed by atoms with Crippen LogP contribution in [0.5, 0.6) is 0 Å². The summed E-state index contributed by atoms with van der Waals surface area (Å²) in [6.45, 7) is 2.10. The van der Waals surface area contributed by atoms with E-state index in [4.69, 9.17) is 0 Å². The zero-order chi connectivity index (χ0) is 14.7. The maximum atomic E-state index is 4.24. The third-order valence-corrected chi connectivity index (χ3v) is 4.66. The Morgan fingerprint density at radius 2 is 2.00 bits per heavy atom. The number of aromatic nitrogens is 3. The highest BCUT2D eigenvalue weighted by atomic mass is 79.9. The monoisotopic (exact) mass is 359 g/mol. The lowest BCUT2D eigenvalue weighted by Crippen LogP contribution is -1.97. The van der Waals surface area contributed by atoms with Crippen LogP contribution in [0.2, 0.25) is 0 Å². The van der Waals surface area contributed by atoms with Gasteiger partial charge in [0, 0.05) is 10.2 Å². The minimum Gasteiger partial charge on any atom is -0.276 e. The average molecular weight is 360 g/mol. The fourth-order valence-corrected chi connectivity index (χ4v) is 3.41. The molecule has 3 nitrogen and oxygen atoms in total. The van der Waals surface area contributed by atoms with Crippen molar-refractivity contribution in [3.63, 3.8) is 0 Å². The van der Waals surface area contributed by atoms with E-state index in [0.717, 1.165) is 21.1 Å². The molecule has 0 radical (unpaired) electrons. The summed E-state index contributed by atoms with van der Waals surface area (Å²) in [5, 5.41) is 9.19. The molecule has 5 heteroatoms. The first-order valence-electron chi connectivity index (χ1n) is 6.57. The minimum absolute atomic E-state index is 0.865. The molecule has 0 bridgehead atoms. The SMILES string of the molecule is Cc1ccccc1-n1cnnc1SCc1cccc(Br)c1. The predicted octanol–water partition coefficient (Wildman–Crippen LogP) is 4.63. The van der Waals surface area contributed by atoms with Gasteiger partial charge in [-0.3, -0.25) is 4.57 Å². The van der Waals surface area contributed by atoms with Gasteiger partial charge in [0.1, 0.15) is 6.33 Å². The average Bonchev–Trinajstić information content (AvgIpc) is 2.94. The van der Waals surface area contributed by atoms with Crippen molar-refractivity contribution < 1.29 is 0 Å². The number of benzene rings is 2. The molecule has 0 saturated carbocycles. The summed E-state index contributed by atoms with van der Waals surface area (Å²) in [5.41, 5.74) is 3.59. The predicted molar refractivity (Wildman–Crippen MR) is 89.8 cm³/mol. The molecule has 0 N–H and O–H groups in total. The molecule has 0 aliphatic rings. The highest BCUT2D eigenvalue weighted by molar-refractivity contribution is 9.10. The van der Waals surface area contributed by atoms with Crippen LogP contribution < -0.4 is 0 Å². The highest BCUT2D eigenvalue weighted by Crippen LogP contribution is 2.25. The van der Waals surface area contributed by atoms with Gasteiger partial charge >= 0.3 is 0 Å². The zero-order valence-electron chi connectivity index (χ0n) is 11.5. The molecule has 0 atom stereocenters. The van der Waals surface area contributed by atoms with E-state index in [9.17, 15) is 0 Å². The Bertz CT molecular complexity index is 755. The minimum atomic E-state index is 0.865. The second-order valence-electron chi connectivity index (χ2n) is 4.69. The van der Waals surface area contributed by atoms with Crippen molar-refractivity contribution in [1.29, 1.82) is 0 Å². The molecule has 1 aromatic heterocycles. The van der Waals surface area contributed by atoms with Crippen LogP contribution in [-0.4, -0.2) is 14.8 Å². The van der Waals surface area contributed by atoms with Crippen LogP contribution in [0.1, 0.15) is 11.1 Å². The van der Waals surface area contributed by atoms with E-state index >= 15 is 0 Å². The van der Waals surface area contributed by atoms with E-state index in [1.807, 2.05) is 28.8 Å². The summed E-state index contributed by atoms with van der Waals surface area (Å²) in [6, 6.07) is 16.6. The standard InChI is InChI=1S/C16H14BrN3S/c1-12-5-2-3-8-15(12)20-11-18-19-16(20)21-10-13-6-4-7-14(17)9-13/h2-9,11H,10H2,1H3. The van der Waals surface area contributed by atoms with Gasteiger partial charge < -0.3 is 0 Å². The van der Waals surface area contributed by atoms with Crippen LogP contribution in [-0.2, 0) is 5.75 Å². The Labute approximate surface area is 136 Å². The Balaban J connectivity index is 1.82. The maximum absolute atomic E-state index is 4.24. The third kappa shape index (κ3) is 3.36. The van der Waals surface area contributed by atoms with Gasteiger partial charge in [0.05, 0.1) is 5.69 Å². The van der Waals surface area contributed by atoms with Crippen molar-refractivity contribution in [3.8, 4) is 5.69 Å². The van der Waals surface area contributed by atoms with Gasteiger partial charge in [-0.1, -0.05) is 58.0 Å². The number of aryl methyl sites for hydroxylation is 1. The van der Waals surface area contributed by atoms with Gasteiger partial charge in [0.2, 0.25) is 0 Å². The van der Waals surface area contributed by atoms with Crippen molar-refractivity contribution in [2.75, 3.05) is 0 Å². The molecule has 0 saturated heterocycles. The first-order valence-corrected chi connectivity index (χ1v) is 8.35. The molecule has 21 heavy (non-hydrogen) atoms. The molecule has 0 unspecified atom stereocenters. The normalized spacial score (nSPS) is 10.8. The summed E-state index contributed by atoms with van der Waals surface area (Å²) in [5.74, 6) is 0.865. The summed E-state index contributed by atoms with van der Waals surface area (Å²) < 4.78 is 3.14. The number of halogens is 1. The summed E-state index contributed by atoms with van der Waals surface area (Å²) in [7, 11) is 0. The summed E-state index contributed by atoms with van der Waals surface area (Å²) in [6.07, 6.45) is 1.77. The highest BCUT2D eigenvalue weighted by Gasteiger charge is 2.09. The van der Waals surface area contributed by atoms with Crippen molar-refractivity contribution in [3.05, 3.63) is 70.5 Å². The van der Waals surface area contributed by atoms with E-state index in [0.29, 0.717) is 0 Å². The molecule has 2 aromatic carbocycles. The molecule has 3 aromatic rings. The number of hydrogen-bond donors (Lipinski definition) is 0. The first kappa shape index (κ1) is 14.4. The van der Waals surface area contributed by atoms with Crippen molar-refractivity contribution in [1.82, 2.24) is 14.8 Å².